The molecule has 0 spiro atoms. The summed E-state index contributed by atoms with van der Waals surface area (Å²) in [6, 6.07) is 9.66. The Kier molecular flexibility index (Phi) is 6.21. The highest BCUT2D eigenvalue weighted by Gasteiger charge is 2.20. The lowest BCUT2D eigenvalue weighted by Gasteiger charge is -2.07. The smallest absolute Gasteiger partial charge is 0.318 e. The van der Waals surface area contributed by atoms with Crippen molar-refractivity contribution in [3.8, 4) is 0 Å². The van der Waals surface area contributed by atoms with Gasteiger partial charge >= 0.3 is 5.97 Å². The Morgan fingerprint density at radius 3 is 2.53 bits per heavy atom. The van der Waals surface area contributed by atoms with Crippen LogP contribution in [0.5, 0.6) is 0 Å². The van der Waals surface area contributed by atoms with Crippen LogP contribution in [0.1, 0.15) is 12.5 Å². The lowest BCUT2D eigenvalue weighted by atomic mass is 10.1. The number of benzene rings is 1. The number of carbonyl (C=O) groups is 2. The molecule has 0 heterocycles. The predicted molar refractivity (Wildman–Crippen MR) is 73.3 cm³/mol. The molecule has 2 unspecified atom stereocenters. The second-order valence-corrected chi connectivity index (χ2v) is 5.85. The summed E-state index contributed by atoms with van der Waals surface area (Å²) in [4.78, 5) is 22.1. The molecule has 2 atom stereocenters. The summed E-state index contributed by atoms with van der Waals surface area (Å²) in [5.74, 6) is -1.82. The Morgan fingerprint density at radius 2 is 1.95 bits per heavy atom. The van der Waals surface area contributed by atoms with Crippen molar-refractivity contribution in [3.05, 3.63) is 35.9 Å². The summed E-state index contributed by atoms with van der Waals surface area (Å²) >= 11 is 0. The van der Waals surface area contributed by atoms with E-state index in [1.54, 1.807) is 0 Å². The Morgan fingerprint density at radius 1 is 1.32 bits per heavy atom. The largest absolute Gasteiger partial charge is 0.480 e. The topological polar surface area (TPSA) is 83.5 Å². The average molecular weight is 283 g/mol. The van der Waals surface area contributed by atoms with E-state index in [0.29, 0.717) is 13.0 Å². The molecule has 104 valence electrons. The van der Waals surface area contributed by atoms with Crippen molar-refractivity contribution in [1.29, 1.82) is 0 Å². The summed E-state index contributed by atoms with van der Waals surface area (Å²) in [7, 11) is -1.68. The van der Waals surface area contributed by atoms with Crippen molar-refractivity contribution in [1.82, 2.24) is 5.32 Å². The van der Waals surface area contributed by atoms with Crippen LogP contribution >= 0.6 is 0 Å². The van der Waals surface area contributed by atoms with Crippen LogP contribution in [-0.4, -0.2) is 38.7 Å². The molecule has 2 N–H and O–H groups in total. The zero-order valence-corrected chi connectivity index (χ0v) is 11.5. The predicted octanol–water partition coefficient (Wildman–Crippen LogP) is 0.567. The van der Waals surface area contributed by atoms with Crippen LogP contribution < -0.4 is 5.32 Å². The fraction of sp³-hybridized carbons (Fsp3) is 0.385. The summed E-state index contributed by atoms with van der Waals surface area (Å²) in [5.41, 5.74) is 1.10. The quantitative estimate of drug-likeness (QED) is 0.766. The molecule has 5 nitrogen and oxygen atoms in total. The van der Waals surface area contributed by atoms with Crippen molar-refractivity contribution in [3.63, 3.8) is 0 Å². The minimum atomic E-state index is -1.68. The molecule has 0 aliphatic heterocycles. The van der Waals surface area contributed by atoms with Gasteiger partial charge in [0.2, 0.25) is 5.91 Å². The van der Waals surface area contributed by atoms with Gasteiger partial charge in [0.25, 0.3) is 0 Å². The maximum atomic E-state index is 11.5. The fourth-order valence-electron chi connectivity index (χ4n) is 1.41. The molecular formula is C13H17NO4S. The Hall–Kier alpha value is -1.69. The van der Waals surface area contributed by atoms with Crippen molar-refractivity contribution in [2.24, 2.45) is 0 Å². The first kappa shape index (κ1) is 15.4. The SMILES string of the molecule is CC(C(=O)O)S(=O)CC(=O)NCCc1ccccc1. The van der Waals surface area contributed by atoms with E-state index in [9.17, 15) is 13.8 Å². The third-order valence-corrected chi connectivity index (χ3v) is 4.13. The first-order valence-corrected chi connectivity index (χ1v) is 7.29. The van der Waals surface area contributed by atoms with Crippen LogP contribution in [0.3, 0.4) is 0 Å². The van der Waals surface area contributed by atoms with E-state index < -0.39 is 22.0 Å². The van der Waals surface area contributed by atoms with Crippen LogP contribution in [0.4, 0.5) is 0 Å². The summed E-state index contributed by atoms with van der Waals surface area (Å²) in [6.45, 7) is 1.77. The number of carboxylic acid groups (broad SMARTS) is 1. The molecule has 19 heavy (non-hydrogen) atoms. The van der Waals surface area contributed by atoms with Crippen LogP contribution in [0, 0.1) is 0 Å². The number of carboxylic acids is 1. The highest BCUT2D eigenvalue weighted by Crippen LogP contribution is 1.99. The lowest BCUT2D eigenvalue weighted by molar-refractivity contribution is -0.136. The molecule has 0 aromatic heterocycles. The van der Waals surface area contributed by atoms with E-state index in [1.165, 1.54) is 6.92 Å². The zero-order valence-electron chi connectivity index (χ0n) is 10.7. The minimum Gasteiger partial charge on any atom is -0.480 e. The zero-order chi connectivity index (χ0) is 14.3. The first-order chi connectivity index (χ1) is 9.00. The molecule has 0 saturated carbocycles. The highest BCUT2D eigenvalue weighted by atomic mass is 32.2. The average Bonchev–Trinajstić information content (AvgIpc) is 2.38. The van der Waals surface area contributed by atoms with Gasteiger partial charge in [0.05, 0.1) is 0 Å². The summed E-state index contributed by atoms with van der Waals surface area (Å²) in [6.07, 6.45) is 0.688. The molecule has 1 rings (SSSR count). The first-order valence-electron chi connectivity index (χ1n) is 5.91. The van der Waals surface area contributed by atoms with Gasteiger partial charge in [-0.15, -0.1) is 0 Å². The summed E-state index contributed by atoms with van der Waals surface area (Å²) in [5, 5.41) is 10.3. The second kappa shape index (κ2) is 7.68. The third-order valence-electron chi connectivity index (χ3n) is 2.59. The van der Waals surface area contributed by atoms with Gasteiger partial charge in [-0.2, -0.15) is 0 Å². The number of hydrogen-bond donors (Lipinski definition) is 2. The number of nitrogens with one attached hydrogen (secondary N) is 1. The maximum absolute atomic E-state index is 11.5. The van der Waals surface area contributed by atoms with Gasteiger partial charge in [0.15, 0.2) is 0 Å². The van der Waals surface area contributed by atoms with Crippen LogP contribution in [0.25, 0.3) is 0 Å². The number of hydrogen-bond acceptors (Lipinski definition) is 3. The highest BCUT2D eigenvalue weighted by molar-refractivity contribution is 7.87. The van der Waals surface area contributed by atoms with Gasteiger partial charge in [-0.25, -0.2) is 0 Å². The van der Waals surface area contributed by atoms with E-state index >= 15 is 0 Å². The number of carbonyl (C=O) groups excluding carboxylic acids is 1. The molecular weight excluding hydrogens is 266 g/mol. The summed E-state index contributed by atoms with van der Waals surface area (Å²) < 4.78 is 11.5. The molecule has 1 aromatic carbocycles. The minimum absolute atomic E-state index is 0.276. The standard InChI is InChI=1S/C13H17NO4S/c1-10(13(16)17)19(18)9-12(15)14-8-7-11-5-3-2-4-6-11/h2-6,10H,7-9H2,1H3,(H,14,15)(H,16,17). The van der Waals surface area contributed by atoms with Gasteiger partial charge in [-0.05, 0) is 18.9 Å². The van der Waals surface area contributed by atoms with Gasteiger partial charge in [0.1, 0.15) is 11.0 Å². The number of aliphatic carboxylic acids is 1. The van der Waals surface area contributed by atoms with E-state index in [4.69, 9.17) is 5.11 Å². The van der Waals surface area contributed by atoms with Gasteiger partial charge < -0.3 is 10.4 Å². The van der Waals surface area contributed by atoms with E-state index in [-0.39, 0.29) is 11.7 Å². The normalized spacial score (nSPS) is 13.5. The van der Waals surface area contributed by atoms with Crippen molar-refractivity contribution in [2.75, 3.05) is 12.3 Å². The molecule has 0 aliphatic rings. The van der Waals surface area contributed by atoms with Crippen LogP contribution in [0.2, 0.25) is 0 Å². The molecule has 0 aliphatic carbocycles. The van der Waals surface area contributed by atoms with Crippen LogP contribution in [0.15, 0.2) is 30.3 Å². The maximum Gasteiger partial charge on any atom is 0.318 e. The Bertz CT molecular complexity index is 461. The molecule has 1 aromatic rings. The Labute approximate surface area is 114 Å². The molecule has 0 fully saturated rings. The van der Waals surface area contributed by atoms with Gasteiger partial charge in [-0.1, -0.05) is 30.3 Å². The monoisotopic (exact) mass is 283 g/mol. The molecule has 0 bridgehead atoms. The third kappa shape index (κ3) is 5.65. The van der Waals surface area contributed by atoms with E-state index in [2.05, 4.69) is 5.32 Å². The molecule has 0 radical (unpaired) electrons. The van der Waals surface area contributed by atoms with Gasteiger partial charge in [-0.3, -0.25) is 13.8 Å². The van der Waals surface area contributed by atoms with Crippen molar-refractivity contribution < 1.29 is 18.9 Å². The van der Waals surface area contributed by atoms with E-state index in [0.717, 1.165) is 5.56 Å². The van der Waals surface area contributed by atoms with Gasteiger partial charge in [0, 0.05) is 17.3 Å². The van der Waals surface area contributed by atoms with Crippen LogP contribution in [-0.2, 0) is 26.8 Å². The number of rotatable bonds is 7. The second-order valence-electron chi connectivity index (χ2n) is 4.09. The van der Waals surface area contributed by atoms with E-state index in [1.807, 2.05) is 30.3 Å². The lowest BCUT2D eigenvalue weighted by Crippen LogP contribution is -2.34. The molecule has 6 heteroatoms. The van der Waals surface area contributed by atoms with Crippen molar-refractivity contribution in [2.45, 2.75) is 18.6 Å². The van der Waals surface area contributed by atoms with Crippen molar-refractivity contribution >= 4 is 22.7 Å². The molecule has 0 saturated heterocycles. The molecule has 1 amide bonds. The fourth-order valence-corrected chi connectivity index (χ4v) is 2.24. The number of amides is 1. The Balaban J connectivity index is 2.29.